The van der Waals surface area contributed by atoms with E-state index in [0.29, 0.717) is 52.0 Å². The highest BCUT2D eigenvalue weighted by molar-refractivity contribution is 8.26. The second-order valence-electron chi connectivity index (χ2n) is 11.8. The number of hydrogen-bond donors (Lipinski definition) is 0. The van der Waals surface area contributed by atoms with Crippen LogP contribution in [0.5, 0.6) is 0 Å². The molecule has 5 rings (SSSR count). The van der Waals surface area contributed by atoms with Crippen LogP contribution in [0.15, 0.2) is 70.6 Å². The number of benzene rings is 2. The number of piperidine rings is 1. The zero-order chi connectivity index (χ0) is 33.4. The van der Waals surface area contributed by atoms with E-state index in [1.807, 2.05) is 48.7 Å². The minimum absolute atomic E-state index is 0.116. The number of hydrogen-bond acceptors (Lipinski definition) is 8. The van der Waals surface area contributed by atoms with Crippen molar-refractivity contribution in [3.05, 3.63) is 71.3 Å². The lowest BCUT2D eigenvalue weighted by Gasteiger charge is -2.30. The Morgan fingerprint density at radius 1 is 1.02 bits per heavy atom. The summed E-state index contributed by atoms with van der Waals surface area (Å²) in [4.78, 5) is 28.0. The standard InChI is InChI=1S/C35H42N4O5S3/c1-3-5-6-7-8-12-20-38-33(40)31(46-35(38)45)24-28-25-39(29-15-10-9-11-16-29)36-32(28)27-14-13-17-30(23-27)47(42,43)37-21-18-26(19-22-37)34(41)44-4-2/h9-11,13-17,23-26H,3-8,12,18-22H2,1-2H3/b31-24-. The number of sulfonamides is 1. The largest absolute Gasteiger partial charge is 0.466 e. The number of amides is 1. The molecule has 2 saturated heterocycles. The van der Waals surface area contributed by atoms with Crippen LogP contribution in [-0.2, 0) is 24.3 Å². The van der Waals surface area contributed by atoms with Gasteiger partial charge in [0.2, 0.25) is 10.0 Å². The number of esters is 1. The van der Waals surface area contributed by atoms with E-state index in [-0.39, 0.29) is 35.8 Å². The van der Waals surface area contributed by atoms with Gasteiger partial charge in [-0.3, -0.25) is 14.5 Å². The van der Waals surface area contributed by atoms with Gasteiger partial charge in [0.25, 0.3) is 5.91 Å². The molecule has 0 radical (unpaired) electrons. The van der Waals surface area contributed by atoms with Crippen molar-refractivity contribution in [1.29, 1.82) is 0 Å². The number of unbranched alkanes of at least 4 members (excludes halogenated alkanes) is 5. The summed E-state index contributed by atoms with van der Waals surface area (Å²) >= 11 is 6.89. The topological polar surface area (TPSA) is 102 Å². The van der Waals surface area contributed by atoms with Gasteiger partial charge in [0.1, 0.15) is 10.0 Å². The Labute approximate surface area is 287 Å². The maximum atomic E-state index is 13.7. The molecule has 47 heavy (non-hydrogen) atoms. The zero-order valence-electron chi connectivity index (χ0n) is 27.0. The van der Waals surface area contributed by atoms with Crippen LogP contribution >= 0.6 is 24.0 Å². The van der Waals surface area contributed by atoms with Crippen LogP contribution in [0, 0.1) is 5.92 Å². The van der Waals surface area contributed by atoms with E-state index < -0.39 is 10.0 Å². The second kappa shape index (κ2) is 16.2. The van der Waals surface area contributed by atoms with Crippen molar-refractivity contribution in [2.75, 3.05) is 26.2 Å². The number of carbonyl (C=O) groups is 2. The number of thiocarbonyl (C=S) groups is 1. The number of rotatable bonds is 14. The van der Waals surface area contributed by atoms with Crippen molar-refractivity contribution < 1.29 is 22.7 Å². The summed E-state index contributed by atoms with van der Waals surface area (Å²) < 4.78 is 36.3. The van der Waals surface area contributed by atoms with Gasteiger partial charge in [-0.05, 0) is 56.5 Å². The molecule has 9 nitrogen and oxygen atoms in total. The van der Waals surface area contributed by atoms with Crippen LogP contribution in [0.25, 0.3) is 23.0 Å². The Morgan fingerprint density at radius 3 is 2.47 bits per heavy atom. The van der Waals surface area contributed by atoms with Crippen molar-refractivity contribution in [3.63, 3.8) is 0 Å². The highest BCUT2D eigenvalue weighted by Gasteiger charge is 2.34. The number of carbonyl (C=O) groups excluding carboxylic acids is 2. The third-order valence-electron chi connectivity index (χ3n) is 8.48. The van der Waals surface area contributed by atoms with Crippen molar-refractivity contribution in [2.24, 2.45) is 5.92 Å². The van der Waals surface area contributed by atoms with Gasteiger partial charge in [-0.15, -0.1) is 0 Å². The van der Waals surface area contributed by atoms with Crippen molar-refractivity contribution in [1.82, 2.24) is 19.0 Å². The molecule has 0 aliphatic carbocycles. The Bertz CT molecular complexity index is 1710. The van der Waals surface area contributed by atoms with Crippen molar-refractivity contribution in [2.45, 2.75) is 70.1 Å². The maximum absolute atomic E-state index is 13.7. The minimum atomic E-state index is -3.83. The van der Waals surface area contributed by atoms with Gasteiger partial charge in [-0.2, -0.15) is 9.40 Å². The van der Waals surface area contributed by atoms with Crippen LogP contribution in [0.2, 0.25) is 0 Å². The molecule has 3 aromatic rings. The third-order valence-corrected chi connectivity index (χ3v) is 11.8. The van der Waals surface area contributed by atoms with Gasteiger partial charge in [0, 0.05) is 37.0 Å². The number of nitrogens with zero attached hydrogens (tertiary/aromatic N) is 4. The summed E-state index contributed by atoms with van der Waals surface area (Å²) in [5, 5.41) is 4.87. The monoisotopic (exact) mass is 694 g/mol. The Morgan fingerprint density at radius 2 is 1.74 bits per heavy atom. The van der Waals surface area contributed by atoms with Gasteiger partial charge < -0.3 is 4.74 Å². The van der Waals surface area contributed by atoms with Gasteiger partial charge in [0.15, 0.2) is 0 Å². The van der Waals surface area contributed by atoms with Gasteiger partial charge in [-0.25, -0.2) is 13.1 Å². The summed E-state index contributed by atoms with van der Waals surface area (Å²) in [6.45, 7) is 5.34. The molecule has 0 N–H and O–H groups in total. The van der Waals surface area contributed by atoms with E-state index in [9.17, 15) is 18.0 Å². The zero-order valence-corrected chi connectivity index (χ0v) is 29.4. The molecule has 0 spiro atoms. The highest BCUT2D eigenvalue weighted by Crippen LogP contribution is 2.36. The molecule has 2 aromatic carbocycles. The molecular weight excluding hydrogens is 653 g/mol. The van der Waals surface area contributed by atoms with E-state index in [4.69, 9.17) is 22.1 Å². The van der Waals surface area contributed by atoms with E-state index in [2.05, 4.69) is 6.92 Å². The summed E-state index contributed by atoms with van der Waals surface area (Å²) in [7, 11) is -3.83. The van der Waals surface area contributed by atoms with Gasteiger partial charge in [0.05, 0.1) is 28.0 Å². The molecule has 1 amide bonds. The molecule has 2 aliphatic rings. The molecule has 12 heteroatoms. The lowest BCUT2D eigenvalue weighted by atomic mass is 9.98. The molecule has 2 fully saturated rings. The first kappa shape index (κ1) is 35.0. The van der Waals surface area contributed by atoms with Crippen LogP contribution in [0.4, 0.5) is 0 Å². The fourth-order valence-electron chi connectivity index (χ4n) is 5.86. The van der Waals surface area contributed by atoms with E-state index in [1.54, 1.807) is 34.7 Å². The predicted molar refractivity (Wildman–Crippen MR) is 190 cm³/mol. The van der Waals surface area contributed by atoms with Crippen molar-refractivity contribution >= 4 is 56.3 Å². The summed E-state index contributed by atoms with van der Waals surface area (Å²) in [5.41, 5.74) is 2.67. The molecule has 2 aliphatic heterocycles. The van der Waals surface area contributed by atoms with Crippen molar-refractivity contribution in [3.8, 4) is 16.9 Å². The van der Waals surface area contributed by atoms with Crippen LogP contribution < -0.4 is 0 Å². The lowest BCUT2D eigenvalue weighted by Crippen LogP contribution is -2.40. The Hall–Kier alpha value is -3.32. The average Bonchev–Trinajstić information content (AvgIpc) is 3.63. The van der Waals surface area contributed by atoms with E-state index >= 15 is 0 Å². The fourth-order valence-corrected chi connectivity index (χ4v) is 8.67. The smallest absolute Gasteiger partial charge is 0.309 e. The average molecular weight is 695 g/mol. The number of thioether (sulfide) groups is 1. The van der Waals surface area contributed by atoms with E-state index in [0.717, 1.165) is 24.9 Å². The lowest BCUT2D eigenvalue weighted by molar-refractivity contribution is -0.149. The molecule has 3 heterocycles. The number of aromatic nitrogens is 2. The van der Waals surface area contributed by atoms with Crippen LogP contribution in [0.1, 0.15) is 70.8 Å². The SMILES string of the molecule is CCCCCCCCN1C(=O)/C(=C/c2cn(-c3ccccc3)nc2-c2cccc(S(=O)(=O)N3CCC(C(=O)OCC)CC3)c2)SC1=S. The fraction of sp³-hybridized carbons (Fsp3) is 0.429. The first-order valence-electron chi connectivity index (χ1n) is 16.4. The first-order chi connectivity index (χ1) is 22.7. The molecule has 0 bridgehead atoms. The predicted octanol–water partition coefficient (Wildman–Crippen LogP) is 7.06. The molecule has 0 atom stereocenters. The highest BCUT2D eigenvalue weighted by atomic mass is 32.2. The van der Waals surface area contributed by atoms with E-state index in [1.165, 1.54) is 35.3 Å². The quantitative estimate of drug-likeness (QED) is 0.0765. The molecule has 0 saturated carbocycles. The van der Waals surface area contributed by atoms with Crippen LogP contribution in [0.3, 0.4) is 0 Å². The number of para-hydroxylation sites is 1. The maximum Gasteiger partial charge on any atom is 0.309 e. The molecule has 0 unspecified atom stereocenters. The number of ether oxygens (including phenoxy) is 1. The van der Waals surface area contributed by atoms with Crippen LogP contribution in [-0.4, -0.2) is 69.8 Å². The normalized spacial score (nSPS) is 17.1. The van der Waals surface area contributed by atoms with Gasteiger partial charge >= 0.3 is 5.97 Å². The Kier molecular flexibility index (Phi) is 12.1. The summed E-state index contributed by atoms with van der Waals surface area (Å²) in [5.74, 6) is -0.682. The molecular formula is C35H42N4O5S3. The second-order valence-corrected chi connectivity index (χ2v) is 15.4. The Balaban J connectivity index is 1.40. The third kappa shape index (κ3) is 8.40. The first-order valence-corrected chi connectivity index (χ1v) is 19.1. The molecule has 250 valence electrons. The van der Waals surface area contributed by atoms with Gasteiger partial charge in [-0.1, -0.05) is 93.3 Å². The summed E-state index contributed by atoms with van der Waals surface area (Å²) in [6, 6.07) is 16.4. The molecule has 1 aromatic heterocycles. The summed E-state index contributed by atoms with van der Waals surface area (Å²) in [6.07, 6.45) is 11.2. The minimum Gasteiger partial charge on any atom is -0.466 e.